The van der Waals surface area contributed by atoms with E-state index in [4.69, 9.17) is 19.4 Å². The van der Waals surface area contributed by atoms with Crippen molar-refractivity contribution in [1.82, 2.24) is 24.1 Å². The normalized spacial score (nSPS) is 13.9. The maximum Gasteiger partial charge on any atom is 0.238 e. The summed E-state index contributed by atoms with van der Waals surface area (Å²) in [6.45, 7) is 9.41. The van der Waals surface area contributed by atoms with Gasteiger partial charge < -0.3 is 8.98 Å². The maximum atomic E-state index is 6.75. The third-order valence-corrected chi connectivity index (χ3v) is 18.0. The molecule has 81 heavy (non-hydrogen) atoms. The van der Waals surface area contributed by atoms with Gasteiger partial charge in [-0.25, -0.2) is 4.98 Å². The molecule has 0 radical (unpaired) electrons. The van der Waals surface area contributed by atoms with Crippen molar-refractivity contribution in [2.24, 2.45) is 0 Å². The highest BCUT2D eigenvalue weighted by molar-refractivity contribution is 6.17. The van der Waals surface area contributed by atoms with Crippen molar-refractivity contribution >= 4 is 65.6 Å². The van der Waals surface area contributed by atoms with E-state index in [1.807, 2.05) is 36.4 Å². The van der Waals surface area contributed by atoms with Crippen LogP contribution in [0.4, 0.5) is 0 Å². The molecular formula is C75H51N5O. The monoisotopic (exact) mass is 1040 g/mol. The van der Waals surface area contributed by atoms with Crippen LogP contribution < -0.4 is 0 Å². The third-order valence-electron chi connectivity index (χ3n) is 18.0. The van der Waals surface area contributed by atoms with Gasteiger partial charge in [0.1, 0.15) is 11.2 Å². The Morgan fingerprint density at radius 2 is 0.778 bits per heavy atom. The fourth-order valence-electron chi connectivity index (χ4n) is 14.0. The standard InChI is InChI=1S/C75H51N5O/c1-74(2)60-28-16-14-25-51(60)53-40-57-56-39-48(32-35-64(56)79(66(57)42-62(53)74)49-23-12-7-13-24-49)50-27-18-30-69-70(50)59-38-47(33-36-68(59)81-69)46-31-34-65-55(37-46)58-41-54-52-26-15-17-29-61(52)75(3,4)63(54)43-67(58)80(65)73-77-71(44-19-8-5-9-20-44)76-72(78-73)45-21-10-6-11-22-45/h5-43H,1-4H3. The average Bonchev–Trinajstić information content (AvgIpc) is 2.97. The summed E-state index contributed by atoms with van der Waals surface area (Å²) in [6.07, 6.45) is 0. The fourth-order valence-corrected chi connectivity index (χ4v) is 14.0. The number of rotatable bonds is 6. The van der Waals surface area contributed by atoms with E-state index in [-0.39, 0.29) is 10.8 Å². The molecule has 0 spiro atoms. The van der Waals surface area contributed by atoms with Crippen LogP contribution in [0, 0.1) is 0 Å². The molecule has 0 amide bonds. The molecule has 0 fully saturated rings. The molecule has 0 aliphatic heterocycles. The Morgan fingerprint density at radius 1 is 0.309 bits per heavy atom. The summed E-state index contributed by atoms with van der Waals surface area (Å²) in [5.41, 5.74) is 23.9. The molecule has 382 valence electrons. The van der Waals surface area contributed by atoms with Crippen molar-refractivity contribution in [3.63, 3.8) is 0 Å². The first-order valence-corrected chi connectivity index (χ1v) is 28.0. The fraction of sp³-hybridized carbons (Fsp3) is 0.0800. The first-order chi connectivity index (χ1) is 39.7. The number of aromatic nitrogens is 5. The number of furan rings is 1. The highest BCUT2D eigenvalue weighted by atomic mass is 16.3. The SMILES string of the molecule is CC1(C)c2ccccc2-c2cc3c4cc(-c5cccc6oc7ccc(-c8ccc9c(c8)c8cc%10c(cc8n9-c8nc(-c9ccccc9)nc(-c9ccccc9)n8)C(C)(C)c8ccccc8-%10)cc7c56)ccc4n(-c4ccccc4)c3cc21. The van der Waals surface area contributed by atoms with Crippen molar-refractivity contribution in [3.05, 3.63) is 259 Å². The molecule has 2 aliphatic carbocycles. The molecule has 0 saturated carbocycles. The molecule has 15 aromatic rings. The lowest BCUT2D eigenvalue weighted by molar-refractivity contribution is 0.661. The Labute approximate surface area is 467 Å². The summed E-state index contributed by atoms with van der Waals surface area (Å²) < 4.78 is 11.5. The molecule has 0 atom stereocenters. The lowest BCUT2D eigenvalue weighted by atomic mass is 9.82. The minimum absolute atomic E-state index is 0.120. The zero-order valence-electron chi connectivity index (χ0n) is 45.2. The van der Waals surface area contributed by atoms with E-state index in [0.717, 1.165) is 82.8 Å². The van der Waals surface area contributed by atoms with Crippen LogP contribution in [-0.4, -0.2) is 24.1 Å². The molecule has 4 heterocycles. The number of hydrogen-bond acceptors (Lipinski definition) is 4. The van der Waals surface area contributed by atoms with Crippen LogP contribution in [0.1, 0.15) is 49.9 Å². The number of para-hydroxylation sites is 1. The third kappa shape index (κ3) is 6.59. The first kappa shape index (κ1) is 45.8. The topological polar surface area (TPSA) is 61.7 Å². The summed E-state index contributed by atoms with van der Waals surface area (Å²) in [5.74, 6) is 1.82. The predicted molar refractivity (Wildman–Crippen MR) is 333 cm³/mol. The van der Waals surface area contributed by atoms with E-state index in [2.05, 4.69) is 237 Å². The van der Waals surface area contributed by atoms with Crippen molar-refractivity contribution in [1.29, 1.82) is 0 Å². The van der Waals surface area contributed by atoms with Crippen LogP contribution in [0.3, 0.4) is 0 Å². The van der Waals surface area contributed by atoms with Gasteiger partial charge in [0.05, 0.1) is 22.1 Å². The van der Waals surface area contributed by atoms with Crippen LogP contribution in [-0.2, 0) is 10.8 Å². The number of nitrogens with zero attached hydrogens (tertiary/aromatic N) is 5. The molecule has 0 unspecified atom stereocenters. The summed E-state index contributed by atoms with van der Waals surface area (Å²) in [6, 6.07) is 85.8. The van der Waals surface area contributed by atoms with Crippen LogP contribution in [0.25, 0.3) is 144 Å². The second-order valence-electron chi connectivity index (χ2n) is 23.1. The minimum Gasteiger partial charge on any atom is -0.456 e. The minimum atomic E-state index is -0.213. The number of hydrogen-bond donors (Lipinski definition) is 0. The molecule has 4 aromatic heterocycles. The molecule has 0 bridgehead atoms. The molecule has 0 saturated heterocycles. The average molecular weight is 1040 g/mol. The van der Waals surface area contributed by atoms with E-state index in [1.54, 1.807) is 0 Å². The predicted octanol–water partition coefficient (Wildman–Crippen LogP) is 19.2. The second-order valence-corrected chi connectivity index (χ2v) is 23.1. The van der Waals surface area contributed by atoms with E-state index in [9.17, 15) is 0 Å². The molecule has 6 heteroatoms. The highest BCUT2D eigenvalue weighted by Gasteiger charge is 2.38. The molecule has 6 nitrogen and oxygen atoms in total. The van der Waals surface area contributed by atoms with E-state index in [1.165, 1.54) is 66.3 Å². The Kier molecular flexibility index (Phi) is 9.43. The maximum absolute atomic E-state index is 6.75. The van der Waals surface area contributed by atoms with Crippen molar-refractivity contribution in [2.75, 3.05) is 0 Å². The van der Waals surface area contributed by atoms with Crippen LogP contribution in [0.5, 0.6) is 0 Å². The van der Waals surface area contributed by atoms with Crippen LogP contribution >= 0.6 is 0 Å². The number of benzene rings is 11. The smallest absolute Gasteiger partial charge is 0.238 e. The molecule has 17 rings (SSSR count). The van der Waals surface area contributed by atoms with Gasteiger partial charge in [0.2, 0.25) is 5.95 Å². The largest absolute Gasteiger partial charge is 0.456 e. The van der Waals surface area contributed by atoms with Crippen LogP contribution in [0.2, 0.25) is 0 Å². The zero-order chi connectivity index (χ0) is 53.9. The second kappa shape index (κ2) is 16.7. The zero-order valence-corrected chi connectivity index (χ0v) is 45.2. The number of fused-ring (bicyclic) bond motifs is 15. The van der Waals surface area contributed by atoms with Crippen molar-refractivity contribution in [2.45, 2.75) is 38.5 Å². The van der Waals surface area contributed by atoms with Crippen LogP contribution in [0.15, 0.2) is 241 Å². The highest BCUT2D eigenvalue weighted by Crippen LogP contribution is 2.53. The summed E-state index contributed by atoms with van der Waals surface area (Å²) >= 11 is 0. The van der Waals surface area contributed by atoms with Crippen molar-refractivity contribution in [3.8, 4) is 78.9 Å². The molecule has 2 aliphatic rings. The van der Waals surface area contributed by atoms with Gasteiger partial charge in [-0.15, -0.1) is 0 Å². The molecule has 11 aromatic carbocycles. The van der Waals surface area contributed by atoms with E-state index in [0.29, 0.717) is 17.6 Å². The van der Waals surface area contributed by atoms with Gasteiger partial charge in [0.15, 0.2) is 11.6 Å². The molecular weight excluding hydrogens is 987 g/mol. The lowest BCUT2D eigenvalue weighted by Crippen LogP contribution is -2.15. The van der Waals surface area contributed by atoms with Gasteiger partial charge in [-0.05, 0) is 146 Å². The van der Waals surface area contributed by atoms with E-state index >= 15 is 0 Å². The van der Waals surface area contributed by atoms with E-state index < -0.39 is 0 Å². The van der Waals surface area contributed by atoms with Gasteiger partial charge in [-0.1, -0.05) is 185 Å². The summed E-state index contributed by atoms with van der Waals surface area (Å²) in [5, 5.41) is 6.90. The van der Waals surface area contributed by atoms with Gasteiger partial charge in [0.25, 0.3) is 0 Å². The Morgan fingerprint density at radius 3 is 1.38 bits per heavy atom. The van der Waals surface area contributed by atoms with Gasteiger partial charge >= 0.3 is 0 Å². The Balaban J connectivity index is 0.858. The first-order valence-electron chi connectivity index (χ1n) is 28.0. The van der Waals surface area contributed by atoms with Gasteiger partial charge in [-0.3, -0.25) is 4.57 Å². The summed E-state index contributed by atoms with van der Waals surface area (Å²) in [7, 11) is 0. The Bertz CT molecular complexity index is 5100. The molecule has 0 N–H and O–H groups in total. The van der Waals surface area contributed by atoms with Gasteiger partial charge in [0, 0.05) is 60.0 Å². The quantitative estimate of drug-likeness (QED) is 0.166. The van der Waals surface area contributed by atoms with Gasteiger partial charge in [-0.2, -0.15) is 9.97 Å². The van der Waals surface area contributed by atoms with Crippen molar-refractivity contribution < 1.29 is 4.42 Å². The lowest BCUT2D eigenvalue weighted by Gasteiger charge is -2.21. The summed E-state index contributed by atoms with van der Waals surface area (Å²) in [4.78, 5) is 15.7. The Hall–Kier alpha value is -10.2.